The first kappa shape index (κ1) is 19.7. The SMILES string of the molecule is Cc1nc(NC(=O)c2ccccc2)sc1-c1csc(Nc2ccc([N+](=O)[O-])cc2)n1. The van der Waals surface area contributed by atoms with Gasteiger partial charge in [0.05, 0.1) is 21.2 Å². The molecule has 0 aliphatic heterocycles. The van der Waals surface area contributed by atoms with E-state index in [0.29, 0.717) is 21.5 Å². The highest BCUT2D eigenvalue weighted by Gasteiger charge is 2.15. The average molecular weight is 438 g/mol. The van der Waals surface area contributed by atoms with Crippen LogP contribution in [0, 0.1) is 17.0 Å². The Morgan fingerprint density at radius 3 is 2.47 bits per heavy atom. The van der Waals surface area contributed by atoms with Crippen molar-refractivity contribution < 1.29 is 9.72 Å². The third-order valence-electron chi connectivity index (χ3n) is 4.12. The number of rotatable bonds is 6. The molecule has 0 radical (unpaired) electrons. The van der Waals surface area contributed by atoms with Crippen LogP contribution in [0.1, 0.15) is 16.1 Å². The number of hydrogen-bond acceptors (Lipinski definition) is 8. The zero-order chi connectivity index (χ0) is 21.1. The van der Waals surface area contributed by atoms with Gasteiger partial charge in [-0.3, -0.25) is 20.2 Å². The van der Waals surface area contributed by atoms with Gasteiger partial charge < -0.3 is 5.32 Å². The van der Waals surface area contributed by atoms with Gasteiger partial charge in [0.25, 0.3) is 11.6 Å². The Bertz CT molecular complexity index is 1200. The average Bonchev–Trinajstić information content (AvgIpc) is 3.35. The third-order valence-corrected chi connectivity index (χ3v) is 5.97. The summed E-state index contributed by atoms with van der Waals surface area (Å²) in [7, 11) is 0. The second kappa shape index (κ2) is 8.39. The predicted octanol–water partition coefficient (Wildman–Crippen LogP) is 5.48. The fourth-order valence-corrected chi connectivity index (χ4v) is 4.39. The number of nitrogens with zero attached hydrogens (tertiary/aromatic N) is 3. The quantitative estimate of drug-likeness (QED) is 0.305. The molecule has 2 N–H and O–H groups in total. The van der Waals surface area contributed by atoms with Crippen LogP contribution in [0.3, 0.4) is 0 Å². The second-order valence-electron chi connectivity index (χ2n) is 6.22. The molecule has 0 spiro atoms. The van der Waals surface area contributed by atoms with Crippen molar-refractivity contribution in [2.75, 3.05) is 10.6 Å². The van der Waals surface area contributed by atoms with Gasteiger partial charge in [-0.25, -0.2) is 9.97 Å². The van der Waals surface area contributed by atoms with Crippen molar-refractivity contribution in [2.24, 2.45) is 0 Å². The third kappa shape index (κ3) is 4.34. The Hall–Kier alpha value is -3.63. The first-order chi connectivity index (χ1) is 14.5. The summed E-state index contributed by atoms with van der Waals surface area (Å²) in [4.78, 5) is 32.5. The van der Waals surface area contributed by atoms with E-state index in [4.69, 9.17) is 0 Å². The summed E-state index contributed by atoms with van der Waals surface area (Å²) in [5, 5.41) is 19.8. The Kier molecular flexibility index (Phi) is 5.50. The van der Waals surface area contributed by atoms with Gasteiger partial charge in [0.2, 0.25) is 0 Å². The molecular formula is C20H15N5O3S2. The Morgan fingerprint density at radius 1 is 1.03 bits per heavy atom. The summed E-state index contributed by atoms with van der Waals surface area (Å²) >= 11 is 2.77. The maximum atomic E-state index is 12.3. The molecule has 1 amide bonds. The summed E-state index contributed by atoms with van der Waals surface area (Å²) in [5.74, 6) is -0.213. The number of amides is 1. The van der Waals surface area contributed by atoms with E-state index in [9.17, 15) is 14.9 Å². The number of nitro groups is 1. The summed E-state index contributed by atoms with van der Waals surface area (Å²) in [6.45, 7) is 1.87. The molecule has 2 aromatic heterocycles. The number of benzene rings is 2. The molecule has 10 heteroatoms. The largest absolute Gasteiger partial charge is 0.332 e. The molecule has 0 saturated carbocycles. The number of carbonyl (C=O) groups is 1. The fraction of sp³-hybridized carbons (Fsp3) is 0.0500. The first-order valence-corrected chi connectivity index (χ1v) is 10.5. The molecule has 8 nitrogen and oxygen atoms in total. The lowest BCUT2D eigenvalue weighted by Gasteiger charge is -2.01. The van der Waals surface area contributed by atoms with Crippen LogP contribution in [0.4, 0.5) is 21.6 Å². The van der Waals surface area contributed by atoms with Crippen LogP contribution in [0.15, 0.2) is 60.0 Å². The lowest BCUT2D eigenvalue weighted by molar-refractivity contribution is -0.384. The molecule has 0 atom stereocenters. The second-order valence-corrected chi connectivity index (χ2v) is 8.08. The summed E-state index contributed by atoms with van der Waals surface area (Å²) in [6, 6.07) is 15.1. The molecular weight excluding hydrogens is 422 g/mol. The molecule has 0 saturated heterocycles. The highest BCUT2D eigenvalue weighted by Crippen LogP contribution is 2.35. The molecule has 0 fully saturated rings. The van der Waals surface area contributed by atoms with E-state index in [1.54, 1.807) is 24.3 Å². The molecule has 2 aromatic carbocycles. The predicted molar refractivity (Wildman–Crippen MR) is 119 cm³/mol. The number of anilines is 3. The van der Waals surface area contributed by atoms with Gasteiger partial charge in [-0.2, -0.15) is 0 Å². The van der Waals surface area contributed by atoms with Crippen molar-refractivity contribution >= 4 is 50.2 Å². The van der Waals surface area contributed by atoms with Crippen molar-refractivity contribution in [3.63, 3.8) is 0 Å². The first-order valence-electron chi connectivity index (χ1n) is 8.81. The fourth-order valence-electron chi connectivity index (χ4n) is 2.67. The summed E-state index contributed by atoms with van der Waals surface area (Å²) in [5.41, 5.74) is 2.83. The molecule has 4 rings (SSSR count). The van der Waals surface area contributed by atoms with Gasteiger partial charge in [-0.05, 0) is 31.2 Å². The lowest BCUT2D eigenvalue weighted by Crippen LogP contribution is -2.11. The molecule has 0 bridgehead atoms. The van der Waals surface area contributed by atoms with E-state index in [-0.39, 0.29) is 11.6 Å². The number of non-ortho nitro benzene ring substituents is 1. The molecule has 0 aliphatic carbocycles. The number of carbonyl (C=O) groups excluding carboxylic acids is 1. The van der Waals surface area contributed by atoms with E-state index in [1.165, 1.54) is 34.8 Å². The molecule has 0 aliphatic rings. The van der Waals surface area contributed by atoms with Gasteiger partial charge >= 0.3 is 0 Å². The standard InChI is InChI=1S/C20H15N5O3S2/c1-12-17(30-20(21-12)24-18(26)13-5-3-2-4-6-13)16-11-29-19(23-16)22-14-7-9-15(10-8-14)25(27)28/h2-11H,1H3,(H,22,23)(H,21,24,26). The van der Waals surface area contributed by atoms with E-state index in [1.807, 2.05) is 30.5 Å². The van der Waals surface area contributed by atoms with Crippen molar-refractivity contribution in [1.29, 1.82) is 0 Å². The maximum absolute atomic E-state index is 12.3. The van der Waals surface area contributed by atoms with Crippen LogP contribution in [0.5, 0.6) is 0 Å². The van der Waals surface area contributed by atoms with Crippen LogP contribution >= 0.6 is 22.7 Å². The minimum atomic E-state index is -0.438. The lowest BCUT2D eigenvalue weighted by atomic mass is 10.2. The summed E-state index contributed by atoms with van der Waals surface area (Å²) in [6.07, 6.45) is 0. The van der Waals surface area contributed by atoms with Gasteiger partial charge in [-0.1, -0.05) is 29.5 Å². The van der Waals surface area contributed by atoms with E-state index < -0.39 is 4.92 Å². The molecule has 30 heavy (non-hydrogen) atoms. The van der Waals surface area contributed by atoms with Crippen LogP contribution in [0.2, 0.25) is 0 Å². The Balaban J connectivity index is 1.48. The topological polar surface area (TPSA) is 110 Å². The Labute approximate surface area is 179 Å². The monoisotopic (exact) mass is 437 g/mol. The van der Waals surface area contributed by atoms with Gasteiger partial charge in [-0.15, -0.1) is 11.3 Å². The Morgan fingerprint density at radius 2 is 1.77 bits per heavy atom. The molecule has 4 aromatic rings. The van der Waals surface area contributed by atoms with Gasteiger partial charge in [0.1, 0.15) is 0 Å². The highest BCUT2D eigenvalue weighted by atomic mass is 32.1. The van der Waals surface area contributed by atoms with Crippen LogP contribution < -0.4 is 10.6 Å². The number of hydrogen-bond donors (Lipinski definition) is 2. The zero-order valence-corrected chi connectivity index (χ0v) is 17.3. The number of nitrogens with one attached hydrogen (secondary N) is 2. The van der Waals surface area contributed by atoms with Crippen molar-refractivity contribution in [3.05, 3.63) is 81.3 Å². The van der Waals surface area contributed by atoms with Crippen molar-refractivity contribution in [2.45, 2.75) is 6.92 Å². The zero-order valence-electron chi connectivity index (χ0n) is 15.7. The van der Waals surface area contributed by atoms with Gasteiger partial charge in [0.15, 0.2) is 10.3 Å². The van der Waals surface area contributed by atoms with E-state index >= 15 is 0 Å². The number of thiazole rings is 2. The summed E-state index contributed by atoms with van der Waals surface area (Å²) < 4.78 is 0. The smallest absolute Gasteiger partial charge is 0.269 e. The maximum Gasteiger partial charge on any atom is 0.269 e. The van der Waals surface area contributed by atoms with E-state index in [2.05, 4.69) is 20.6 Å². The molecule has 2 heterocycles. The van der Waals surface area contributed by atoms with Crippen LogP contribution in [-0.2, 0) is 0 Å². The van der Waals surface area contributed by atoms with Gasteiger partial charge in [0, 0.05) is 28.8 Å². The van der Waals surface area contributed by atoms with E-state index in [0.717, 1.165) is 16.3 Å². The normalized spacial score (nSPS) is 10.6. The minimum absolute atomic E-state index is 0.0331. The number of aromatic nitrogens is 2. The van der Waals surface area contributed by atoms with Crippen molar-refractivity contribution in [3.8, 4) is 10.6 Å². The highest BCUT2D eigenvalue weighted by molar-refractivity contribution is 7.20. The molecule has 0 unspecified atom stereocenters. The number of aryl methyl sites for hydroxylation is 1. The number of nitro benzene ring substituents is 1. The van der Waals surface area contributed by atoms with Crippen molar-refractivity contribution in [1.82, 2.24) is 9.97 Å². The van der Waals surface area contributed by atoms with Crippen LogP contribution in [0.25, 0.3) is 10.6 Å². The molecule has 150 valence electrons. The van der Waals surface area contributed by atoms with Crippen LogP contribution in [-0.4, -0.2) is 20.8 Å². The minimum Gasteiger partial charge on any atom is -0.332 e.